The number of phenols is 1. The molecule has 0 radical (unpaired) electrons. The summed E-state index contributed by atoms with van der Waals surface area (Å²) in [5.41, 5.74) is 5.14. The van der Waals surface area contributed by atoms with Crippen molar-refractivity contribution < 1.29 is 14.3 Å². The van der Waals surface area contributed by atoms with Crippen molar-refractivity contribution in [2.45, 2.75) is 32.7 Å². The fraction of sp³-hybridized carbons (Fsp3) is 0.333. The van der Waals surface area contributed by atoms with E-state index >= 15 is 0 Å². The SMILES string of the molecule is C/C(=N\NC(=O)c1ccc(F)cc1)c1ccc(O)c(CN2CCCCC2)c1. The summed E-state index contributed by atoms with van der Waals surface area (Å²) in [7, 11) is 0. The molecule has 2 N–H and O–H groups in total. The Hall–Kier alpha value is -2.73. The highest BCUT2D eigenvalue weighted by molar-refractivity contribution is 6.01. The van der Waals surface area contributed by atoms with E-state index in [1.165, 1.54) is 43.5 Å². The van der Waals surface area contributed by atoms with Crippen LogP contribution in [0.1, 0.15) is 47.7 Å². The van der Waals surface area contributed by atoms with Gasteiger partial charge in [0.15, 0.2) is 0 Å². The monoisotopic (exact) mass is 369 g/mol. The molecule has 0 aliphatic carbocycles. The molecule has 1 fully saturated rings. The van der Waals surface area contributed by atoms with Crippen LogP contribution >= 0.6 is 0 Å². The zero-order valence-corrected chi connectivity index (χ0v) is 15.4. The lowest BCUT2D eigenvalue weighted by atomic mass is 10.0. The van der Waals surface area contributed by atoms with E-state index in [-0.39, 0.29) is 5.75 Å². The van der Waals surface area contributed by atoms with Gasteiger partial charge >= 0.3 is 0 Å². The smallest absolute Gasteiger partial charge is 0.271 e. The van der Waals surface area contributed by atoms with Gasteiger partial charge < -0.3 is 5.11 Å². The fourth-order valence-corrected chi connectivity index (χ4v) is 3.16. The minimum Gasteiger partial charge on any atom is -0.508 e. The Morgan fingerprint density at radius 1 is 1.11 bits per heavy atom. The molecule has 1 aliphatic heterocycles. The third-order valence-corrected chi connectivity index (χ3v) is 4.77. The third-order valence-electron chi connectivity index (χ3n) is 4.77. The maximum atomic E-state index is 12.9. The summed E-state index contributed by atoms with van der Waals surface area (Å²) >= 11 is 0. The van der Waals surface area contributed by atoms with Crippen LogP contribution < -0.4 is 5.43 Å². The molecule has 1 amide bonds. The first-order valence-corrected chi connectivity index (χ1v) is 9.18. The Bertz CT molecular complexity index is 828. The van der Waals surface area contributed by atoms with E-state index in [0.29, 0.717) is 17.8 Å². The van der Waals surface area contributed by atoms with E-state index in [1.807, 2.05) is 6.07 Å². The number of nitrogens with one attached hydrogen (secondary N) is 1. The lowest BCUT2D eigenvalue weighted by molar-refractivity contribution is 0.0955. The molecule has 1 aliphatic rings. The second kappa shape index (κ2) is 8.77. The van der Waals surface area contributed by atoms with Gasteiger partial charge in [-0.1, -0.05) is 6.42 Å². The molecule has 27 heavy (non-hydrogen) atoms. The van der Waals surface area contributed by atoms with E-state index in [1.54, 1.807) is 19.1 Å². The Balaban J connectivity index is 1.68. The number of carbonyl (C=O) groups is 1. The molecule has 6 heteroatoms. The number of hydrogen-bond donors (Lipinski definition) is 2. The molecule has 3 rings (SSSR count). The molecule has 0 atom stereocenters. The number of halogens is 1. The molecule has 1 heterocycles. The van der Waals surface area contributed by atoms with Crippen LogP contribution in [0.25, 0.3) is 0 Å². The van der Waals surface area contributed by atoms with Gasteiger partial charge in [-0.2, -0.15) is 5.10 Å². The maximum Gasteiger partial charge on any atom is 0.271 e. The molecular weight excluding hydrogens is 345 g/mol. The van der Waals surface area contributed by atoms with E-state index < -0.39 is 11.7 Å². The molecule has 2 aromatic carbocycles. The summed E-state index contributed by atoms with van der Waals surface area (Å²) in [4.78, 5) is 14.4. The third kappa shape index (κ3) is 5.14. The molecule has 2 aromatic rings. The summed E-state index contributed by atoms with van der Waals surface area (Å²) in [5.74, 6) is -0.523. The van der Waals surface area contributed by atoms with Crippen LogP contribution in [-0.2, 0) is 6.54 Å². The molecule has 142 valence electrons. The van der Waals surface area contributed by atoms with Crippen molar-refractivity contribution in [3.63, 3.8) is 0 Å². The zero-order chi connectivity index (χ0) is 19.2. The van der Waals surface area contributed by atoms with Gasteiger partial charge in [-0.15, -0.1) is 0 Å². The molecular formula is C21H24FN3O2. The number of benzene rings is 2. The first-order valence-electron chi connectivity index (χ1n) is 9.18. The van der Waals surface area contributed by atoms with Gasteiger partial charge in [0.2, 0.25) is 0 Å². The van der Waals surface area contributed by atoms with Crippen molar-refractivity contribution in [2.24, 2.45) is 5.10 Å². The lowest BCUT2D eigenvalue weighted by Gasteiger charge is -2.26. The van der Waals surface area contributed by atoms with Gasteiger partial charge in [-0.3, -0.25) is 9.69 Å². The zero-order valence-electron chi connectivity index (χ0n) is 15.4. The highest BCUT2D eigenvalue weighted by Gasteiger charge is 2.13. The van der Waals surface area contributed by atoms with Crippen LogP contribution in [0.4, 0.5) is 4.39 Å². The Morgan fingerprint density at radius 2 is 1.78 bits per heavy atom. The second-order valence-corrected chi connectivity index (χ2v) is 6.83. The standard InChI is InChI=1S/C21H24FN3O2/c1-15(23-24-21(27)16-5-8-19(22)9-6-16)17-7-10-20(26)18(13-17)14-25-11-3-2-4-12-25/h5-10,13,26H,2-4,11-12,14H2,1H3,(H,24,27)/b23-15+. The quantitative estimate of drug-likeness (QED) is 0.624. The number of aromatic hydroxyl groups is 1. The van der Waals surface area contributed by atoms with E-state index in [2.05, 4.69) is 15.4 Å². The average molecular weight is 369 g/mol. The van der Waals surface area contributed by atoms with Crippen LogP contribution in [0.2, 0.25) is 0 Å². The number of nitrogens with zero attached hydrogens (tertiary/aromatic N) is 2. The molecule has 0 aromatic heterocycles. The minimum atomic E-state index is -0.401. The fourth-order valence-electron chi connectivity index (χ4n) is 3.16. The van der Waals surface area contributed by atoms with Crippen LogP contribution in [0.3, 0.4) is 0 Å². The number of amides is 1. The summed E-state index contributed by atoms with van der Waals surface area (Å²) in [5, 5.41) is 14.3. The van der Waals surface area contributed by atoms with Gasteiger partial charge in [0.05, 0.1) is 5.71 Å². The lowest BCUT2D eigenvalue weighted by Crippen LogP contribution is -2.29. The van der Waals surface area contributed by atoms with Crippen LogP contribution in [0.15, 0.2) is 47.6 Å². The number of hydrazone groups is 1. The van der Waals surface area contributed by atoms with Gasteiger partial charge in [0, 0.05) is 17.7 Å². The van der Waals surface area contributed by atoms with Crippen molar-refractivity contribution in [1.29, 1.82) is 0 Å². The highest BCUT2D eigenvalue weighted by Crippen LogP contribution is 2.22. The number of piperidine rings is 1. The average Bonchev–Trinajstić information content (AvgIpc) is 2.69. The van der Waals surface area contributed by atoms with Crippen molar-refractivity contribution >= 4 is 11.6 Å². The van der Waals surface area contributed by atoms with E-state index in [0.717, 1.165) is 24.2 Å². The van der Waals surface area contributed by atoms with Crippen molar-refractivity contribution in [3.8, 4) is 5.75 Å². The molecule has 0 spiro atoms. The Labute approximate surface area is 158 Å². The van der Waals surface area contributed by atoms with Gasteiger partial charge in [-0.05, 0) is 80.9 Å². The maximum absolute atomic E-state index is 12.9. The van der Waals surface area contributed by atoms with Gasteiger partial charge in [-0.25, -0.2) is 9.82 Å². The summed E-state index contributed by atoms with van der Waals surface area (Å²) < 4.78 is 12.9. The van der Waals surface area contributed by atoms with E-state index in [4.69, 9.17) is 0 Å². The second-order valence-electron chi connectivity index (χ2n) is 6.83. The first-order chi connectivity index (χ1) is 13.0. The Kier molecular flexibility index (Phi) is 6.19. The minimum absolute atomic E-state index is 0.271. The molecule has 0 saturated carbocycles. The number of carbonyl (C=O) groups excluding carboxylic acids is 1. The van der Waals surface area contributed by atoms with Crippen molar-refractivity contribution in [3.05, 3.63) is 65.0 Å². The van der Waals surface area contributed by atoms with Gasteiger partial charge in [0.1, 0.15) is 11.6 Å². The molecule has 0 unspecified atom stereocenters. The predicted octanol–water partition coefficient (Wildman–Crippen LogP) is 3.67. The number of hydrogen-bond acceptors (Lipinski definition) is 4. The van der Waals surface area contributed by atoms with Crippen LogP contribution in [-0.4, -0.2) is 34.7 Å². The normalized spacial score (nSPS) is 15.6. The number of phenolic OH excluding ortho intramolecular Hbond substituents is 1. The number of rotatable bonds is 5. The highest BCUT2D eigenvalue weighted by atomic mass is 19.1. The summed E-state index contributed by atoms with van der Waals surface area (Å²) in [6.07, 6.45) is 3.65. The molecule has 5 nitrogen and oxygen atoms in total. The van der Waals surface area contributed by atoms with Crippen LogP contribution in [0, 0.1) is 5.82 Å². The Morgan fingerprint density at radius 3 is 2.48 bits per heavy atom. The van der Waals surface area contributed by atoms with Crippen molar-refractivity contribution in [1.82, 2.24) is 10.3 Å². The summed E-state index contributed by atoms with van der Waals surface area (Å²) in [6, 6.07) is 10.6. The van der Waals surface area contributed by atoms with E-state index in [9.17, 15) is 14.3 Å². The number of likely N-dealkylation sites (tertiary alicyclic amines) is 1. The van der Waals surface area contributed by atoms with Gasteiger partial charge in [0.25, 0.3) is 5.91 Å². The predicted molar refractivity (Wildman–Crippen MR) is 103 cm³/mol. The van der Waals surface area contributed by atoms with Crippen LogP contribution in [0.5, 0.6) is 5.75 Å². The van der Waals surface area contributed by atoms with Crippen molar-refractivity contribution in [2.75, 3.05) is 13.1 Å². The molecule has 1 saturated heterocycles. The largest absolute Gasteiger partial charge is 0.508 e. The first kappa shape index (κ1) is 19.0. The molecule has 0 bridgehead atoms. The summed E-state index contributed by atoms with van der Waals surface area (Å²) in [6.45, 7) is 4.59. The topological polar surface area (TPSA) is 64.9 Å².